The molecule has 2 atom stereocenters. The predicted octanol–water partition coefficient (Wildman–Crippen LogP) is 2.24. The van der Waals surface area contributed by atoms with Gasteiger partial charge in [-0.1, -0.05) is 26.2 Å². The van der Waals surface area contributed by atoms with E-state index in [4.69, 9.17) is 5.73 Å². The van der Waals surface area contributed by atoms with Crippen LogP contribution in [0.15, 0.2) is 0 Å². The van der Waals surface area contributed by atoms with Crippen molar-refractivity contribution in [3.05, 3.63) is 0 Å². The molecule has 0 bridgehead atoms. The molecule has 0 saturated heterocycles. The van der Waals surface area contributed by atoms with Crippen LogP contribution in [0.25, 0.3) is 0 Å². The van der Waals surface area contributed by atoms with E-state index in [2.05, 4.69) is 18.9 Å². The molecule has 0 heterocycles. The van der Waals surface area contributed by atoms with Gasteiger partial charge in [0.2, 0.25) is 0 Å². The minimum atomic E-state index is 0.744. The van der Waals surface area contributed by atoms with Gasteiger partial charge in [0.05, 0.1) is 0 Å². The van der Waals surface area contributed by atoms with Crippen molar-refractivity contribution in [2.24, 2.45) is 11.7 Å². The molecule has 0 aromatic heterocycles. The summed E-state index contributed by atoms with van der Waals surface area (Å²) in [5.74, 6) is 0.744. The fourth-order valence-electron chi connectivity index (χ4n) is 2.74. The van der Waals surface area contributed by atoms with Gasteiger partial charge >= 0.3 is 0 Å². The third kappa shape index (κ3) is 3.25. The molecule has 0 radical (unpaired) electrons. The first-order chi connectivity index (χ1) is 6.79. The maximum Gasteiger partial charge on any atom is 0.0132 e. The van der Waals surface area contributed by atoms with Crippen molar-refractivity contribution in [3.63, 3.8) is 0 Å². The van der Waals surface area contributed by atoms with Crippen LogP contribution in [0, 0.1) is 5.92 Å². The second-order valence-corrected chi connectivity index (χ2v) is 4.68. The predicted molar refractivity (Wildman–Crippen MR) is 62.3 cm³/mol. The lowest BCUT2D eigenvalue weighted by atomic mass is 9.93. The van der Waals surface area contributed by atoms with Crippen molar-refractivity contribution in [1.82, 2.24) is 4.90 Å². The summed E-state index contributed by atoms with van der Waals surface area (Å²) in [5.41, 5.74) is 5.87. The Morgan fingerprint density at radius 1 is 1.21 bits per heavy atom. The summed E-state index contributed by atoms with van der Waals surface area (Å²) in [5, 5.41) is 0. The Balaban J connectivity index is 2.50. The lowest BCUT2D eigenvalue weighted by Gasteiger charge is -2.32. The maximum absolute atomic E-state index is 5.87. The molecule has 0 aliphatic heterocycles. The average Bonchev–Trinajstić information content (AvgIpc) is 2.42. The van der Waals surface area contributed by atoms with Crippen molar-refractivity contribution in [2.75, 3.05) is 20.1 Å². The molecular weight excluding hydrogens is 172 g/mol. The van der Waals surface area contributed by atoms with E-state index >= 15 is 0 Å². The van der Waals surface area contributed by atoms with E-state index in [0.29, 0.717) is 0 Å². The van der Waals surface area contributed by atoms with Gasteiger partial charge in [0.25, 0.3) is 0 Å². The van der Waals surface area contributed by atoms with Crippen molar-refractivity contribution < 1.29 is 0 Å². The Bertz CT molecular complexity index is 147. The summed E-state index contributed by atoms with van der Waals surface area (Å²) in [6.45, 7) is 4.35. The van der Waals surface area contributed by atoms with Crippen molar-refractivity contribution in [1.29, 1.82) is 0 Å². The Kier molecular flexibility index (Phi) is 5.49. The van der Waals surface area contributed by atoms with Crippen LogP contribution in [0.4, 0.5) is 0 Å². The molecule has 0 amide bonds. The van der Waals surface area contributed by atoms with E-state index in [-0.39, 0.29) is 0 Å². The first-order valence-corrected chi connectivity index (χ1v) is 6.20. The number of nitrogens with zero attached hydrogens (tertiary/aromatic N) is 1. The summed E-state index contributed by atoms with van der Waals surface area (Å²) < 4.78 is 0. The van der Waals surface area contributed by atoms with Gasteiger partial charge in [-0.25, -0.2) is 0 Å². The van der Waals surface area contributed by atoms with E-state index < -0.39 is 0 Å². The third-order valence-corrected chi connectivity index (χ3v) is 3.56. The summed E-state index contributed by atoms with van der Waals surface area (Å²) in [7, 11) is 2.27. The number of rotatable bonds is 4. The summed E-state index contributed by atoms with van der Waals surface area (Å²) >= 11 is 0. The quantitative estimate of drug-likeness (QED) is 0.702. The molecule has 0 aromatic carbocycles. The highest BCUT2D eigenvalue weighted by Gasteiger charge is 2.25. The molecule has 14 heavy (non-hydrogen) atoms. The number of hydrogen-bond acceptors (Lipinski definition) is 2. The molecule has 2 unspecified atom stereocenters. The van der Waals surface area contributed by atoms with E-state index in [1.54, 1.807) is 0 Å². The molecule has 1 aliphatic rings. The minimum Gasteiger partial charge on any atom is -0.330 e. The summed E-state index contributed by atoms with van der Waals surface area (Å²) in [4.78, 5) is 2.53. The number of hydrogen-bond donors (Lipinski definition) is 1. The van der Waals surface area contributed by atoms with Gasteiger partial charge < -0.3 is 10.6 Å². The zero-order valence-electron chi connectivity index (χ0n) is 9.84. The zero-order chi connectivity index (χ0) is 10.4. The highest BCUT2D eigenvalue weighted by atomic mass is 15.1. The fourth-order valence-corrected chi connectivity index (χ4v) is 2.74. The van der Waals surface area contributed by atoms with Crippen LogP contribution < -0.4 is 5.73 Å². The fraction of sp³-hybridized carbons (Fsp3) is 1.00. The normalized spacial score (nSPS) is 29.1. The molecule has 2 N–H and O–H groups in total. The van der Waals surface area contributed by atoms with Gasteiger partial charge in [-0.15, -0.1) is 0 Å². The van der Waals surface area contributed by atoms with Crippen molar-refractivity contribution in [3.8, 4) is 0 Å². The van der Waals surface area contributed by atoms with E-state index in [1.807, 2.05) is 0 Å². The molecule has 1 fully saturated rings. The largest absolute Gasteiger partial charge is 0.330 e. The monoisotopic (exact) mass is 198 g/mol. The van der Waals surface area contributed by atoms with E-state index in [9.17, 15) is 0 Å². The molecule has 84 valence electrons. The number of nitrogens with two attached hydrogens (primary N) is 1. The molecule has 0 aromatic rings. The highest BCUT2D eigenvalue weighted by molar-refractivity contribution is 4.81. The van der Waals surface area contributed by atoms with Gasteiger partial charge in [-0.2, -0.15) is 0 Å². The van der Waals surface area contributed by atoms with E-state index in [0.717, 1.165) is 18.5 Å². The zero-order valence-corrected chi connectivity index (χ0v) is 9.84. The second-order valence-electron chi connectivity index (χ2n) is 4.68. The molecule has 1 aliphatic carbocycles. The first-order valence-electron chi connectivity index (χ1n) is 6.20. The molecule has 2 heteroatoms. The van der Waals surface area contributed by atoms with Crippen molar-refractivity contribution >= 4 is 0 Å². The van der Waals surface area contributed by atoms with Gasteiger partial charge in [0, 0.05) is 6.04 Å². The second kappa shape index (κ2) is 6.41. The van der Waals surface area contributed by atoms with Crippen LogP contribution in [-0.4, -0.2) is 31.1 Å². The molecule has 1 rings (SSSR count). The van der Waals surface area contributed by atoms with Crippen LogP contribution in [0.1, 0.15) is 45.4 Å². The topological polar surface area (TPSA) is 29.3 Å². The minimum absolute atomic E-state index is 0.744. The Morgan fingerprint density at radius 2 is 1.93 bits per heavy atom. The maximum atomic E-state index is 5.87. The lowest BCUT2D eigenvalue weighted by Crippen LogP contribution is -2.40. The SMILES string of the molecule is CCCN(C)C1CCCCCC1CN. The first kappa shape index (κ1) is 12.0. The van der Waals surface area contributed by atoms with Crippen LogP contribution >= 0.6 is 0 Å². The van der Waals surface area contributed by atoms with Gasteiger partial charge in [0.1, 0.15) is 0 Å². The molecular formula is C12H26N2. The third-order valence-electron chi connectivity index (χ3n) is 3.56. The van der Waals surface area contributed by atoms with Crippen LogP contribution in [0.3, 0.4) is 0 Å². The Labute approximate surface area is 88.8 Å². The lowest BCUT2D eigenvalue weighted by molar-refractivity contribution is 0.168. The molecule has 2 nitrogen and oxygen atoms in total. The van der Waals surface area contributed by atoms with Gasteiger partial charge in [0.15, 0.2) is 0 Å². The molecule has 0 spiro atoms. The van der Waals surface area contributed by atoms with E-state index in [1.165, 1.54) is 45.1 Å². The van der Waals surface area contributed by atoms with Crippen molar-refractivity contribution in [2.45, 2.75) is 51.5 Å². The summed E-state index contributed by atoms with van der Waals surface area (Å²) in [6.07, 6.45) is 8.15. The highest BCUT2D eigenvalue weighted by Crippen LogP contribution is 2.26. The Morgan fingerprint density at radius 3 is 2.57 bits per heavy atom. The van der Waals surface area contributed by atoms with Crippen LogP contribution in [0.5, 0.6) is 0 Å². The summed E-state index contributed by atoms with van der Waals surface area (Å²) in [6, 6.07) is 0.752. The Hall–Kier alpha value is -0.0800. The van der Waals surface area contributed by atoms with Gasteiger partial charge in [-0.3, -0.25) is 0 Å². The smallest absolute Gasteiger partial charge is 0.0132 e. The molecule has 1 saturated carbocycles. The van der Waals surface area contributed by atoms with Crippen LogP contribution in [0.2, 0.25) is 0 Å². The standard InChI is InChI=1S/C12H26N2/c1-3-9-14(2)12-8-6-4-5-7-11(12)10-13/h11-12H,3-10,13H2,1-2H3. The van der Waals surface area contributed by atoms with Gasteiger partial charge in [-0.05, 0) is 45.3 Å². The average molecular weight is 198 g/mol. The van der Waals surface area contributed by atoms with Crippen LogP contribution in [-0.2, 0) is 0 Å².